The Balaban J connectivity index is 1.71. The summed E-state index contributed by atoms with van der Waals surface area (Å²) in [6, 6.07) is 9.10. The minimum absolute atomic E-state index is 0.0567. The van der Waals surface area contributed by atoms with Crippen LogP contribution in [-0.4, -0.2) is 15.9 Å². The third-order valence-corrected chi connectivity index (χ3v) is 3.72. The van der Waals surface area contributed by atoms with Crippen LogP contribution in [0.3, 0.4) is 0 Å². The summed E-state index contributed by atoms with van der Waals surface area (Å²) < 4.78 is 26.1. The van der Waals surface area contributed by atoms with Crippen LogP contribution >= 0.6 is 0 Å². The maximum atomic E-state index is 13.2. The van der Waals surface area contributed by atoms with E-state index in [0.717, 1.165) is 28.9 Å². The topological polar surface area (TPSA) is 66.9 Å². The molecule has 0 unspecified atom stereocenters. The molecule has 1 heterocycles. The van der Waals surface area contributed by atoms with E-state index in [1.54, 1.807) is 0 Å². The second-order valence-electron chi connectivity index (χ2n) is 5.81. The van der Waals surface area contributed by atoms with Gasteiger partial charge in [0.1, 0.15) is 11.5 Å². The largest absolute Gasteiger partial charge is 0.339 e. The summed E-state index contributed by atoms with van der Waals surface area (Å²) in [4.78, 5) is 20.4. The third kappa shape index (κ3) is 4.00. The lowest BCUT2D eigenvalue weighted by atomic mass is 10.1. The molecule has 7 heteroatoms. The van der Waals surface area contributed by atoms with Crippen molar-refractivity contribution in [2.45, 2.75) is 13.8 Å². The van der Waals surface area contributed by atoms with Crippen molar-refractivity contribution in [1.82, 2.24) is 9.97 Å². The first-order chi connectivity index (χ1) is 12.4. The van der Waals surface area contributed by atoms with Crippen LogP contribution in [-0.2, 0) is 0 Å². The molecule has 0 fully saturated rings. The summed E-state index contributed by atoms with van der Waals surface area (Å²) in [5.41, 5.74) is 3.25. The summed E-state index contributed by atoms with van der Waals surface area (Å²) in [5.74, 6) is -2.10. The standard InChI is InChI=1S/C19H16F2N4O/c1-11-3-4-12(2)16(7-11)25-18-10-22-17(9-23-18)19(26)24-13-5-6-14(20)15(21)8-13/h3-10H,1-2H3,(H,23,25)(H,24,26). The Bertz CT molecular complexity index is 958. The average molecular weight is 354 g/mol. The molecule has 3 rings (SSSR count). The Kier molecular flexibility index (Phi) is 4.88. The minimum atomic E-state index is -1.04. The fourth-order valence-corrected chi connectivity index (χ4v) is 2.29. The van der Waals surface area contributed by atoms with Gasteiger partial charge in [0, 0.05) is 17.4 Å². The molecule has 0 radical (unpaired) electrons. The second-order valence-corrected chi connectivity index (χ2v) is 5.81. The smallest absolute Gasteiger partial charge is 0.275 e. The summed E-state index contributed by atoms with van der Waals surface area (Å²) in [6.45, 7) is 3.96. The van der Waals surface area contributed by atoms with E-state index in [2.05, 4.69) is 20.6 Å². The van der Waals surface area contributed by atoms with Gasteiger partial charge < -0.3 is 10.6 Å². The maximum Gasteiger partial charge on any atom is 0.275 e. The van der Waals surface area contributed by atoms with E-state index in [9.17, 15) is 13.6 Å². The van der Waals surface area contributed by atoms with Crippen LogP contribution in [0.2, 0.25) is 0 Å². The molecule has 0 saturated carbocycles. The Morgan fingerprint density at radius 1 is 0.962 bits per heavy atom. The summed E-state index contributed by atoms with van der Waals surface area (Å²) in [6.07, 6.45) is 2.74. The number of amides is 1. The van der Waals surface area contributed by atoms with Crippen molar-refractivity contribution in [2.75, 3.05) is 10.6 Å². The zero-order valence-electron chi connectivity index (χ0n) is 14.2. The molecule has 3 aromatic rings. The van der Waals surface area contributed by atoms with Crippen molar-refractivity contribution in [3.63, 3.8) is 0 Å². The molecule has 2 aromatic carbocycles. The number of aryl methyl sites for hydroxylation is 2. The normalized spacial score (nSPS) is 10.5. The number of hydrogen-bond acceptors (Lipinski definition) is 4. The first-order valence-corrected chi connectivity index (χ1v) is 7.85. The highest BCUT2D eigenvalue weighted by Gasteiger charge is 2.11. The zero-order chi connectivity index (χ0) is 18.7. The number of carbonyl (C=O) groups is 1. The fraction of sp³-hybridized carbons (Fsp3) is 0.105. The van der Waals surface area contributed by atoms with Gasteiger partial charge in [0.25, 0.3) is 5.91 Å². The molecule has 0 aliphatic heterocycles. The molecule has 0 bridgehead atoms. The molecule has 132 valence electrons. The van der Waals surface area contributed by atoms with Crippen LogP contribution in [0.4, 0.5) is 26.0 Å². The molecule has 1 amide bonds. The zero-order valence-corrected chi connectivity index (χ0v) is 14.2. The Labute approximate surface area is 149 Å². The van der Waals surface area contributed by atoms with E-state index in [0.29, 0.717) is 5.82 Å². The number of halogens is 2. The summed E-state index contributed by atoms with van der Waals surface area (Å²) >= 11 is 0. The summed E-state index contributed by atoms with van der Waals surface area (Å²) in [7, 11) is 0. The van der Waals surface area contributed by atoms with Gasteiger partial charge in [0.2, 0.25) is 0 Å². The molecule has 26 heavy (non-hydrogen) atoms. The van der Waals surface area contributed by atoms with Gasteiger partial charge in [-0.1, -0.05) is 12.1 Å². The van der Waals surface area contributed by atoms with Gasteiger partial charge in [-0.05, 0) is 43.2 Å². The highest BCUT2D eigenvalue weighted by molar-refractivity contribution is 6.02. The van der Waals surface area contributed by atoms with Gasteiger partial charge in [-0.2, -0.15) is 0 Å². The molecule has 0 aliphatic carbocycles. The van der Waals surface area contributed by atoms with Crippen molar-refractivity contribution >= 4 is 23.1 Å². The Morgan fingerprint density at radius 2 is 1.77 bits per heavy atom. The van der Waals surface area contributed by atoms with Crippen molar-refractivity contribution in [3.8, 4) is 0 Å². The molecule has 1 aromatic heterocycles. The van der Waals surface area contributed by atoms with Crippen molar-refractivity contribution in [2.24, 2.45) is 0 Å². The lowest BCUT2D eigenvalue weighted by Gasteiger charge is -2.10. The van der Waals surface area contributed by atoms with Crippen LogP contribution < -0.4 is 10.6 Å². The predicted molar refractivity (Wildman–Crippen MR) is 95.5 cm³/mol. The van der Waals surface area contributed by atoms with Crippen LogP contribution in [0.15, 0.2) is 48.8 Å². The monoisotopic (exact) mass is 354 g/mol. The van der Waals surface area contributed by atoms with Gasteiger partial charge in [0.15, 0.2) is 11.6 Å². The van der Waals surface area contributed by atoms with Crippen LogP contribution in [0.5, 0.6) is 0 Å². The van der Waals surface area contributed by atoms with Crippen LogP contribution in [0.25, 0.3) is 0 Å². The minimum Gasteiger partial charge on any atom is -0.339 e. The number of rotatable bonds is 4. The maximum absolute atomic E-state index is 13.2. The molecule has 0 spiro atoms. The Morgan fingerprint density at radius 3 is 2.46 bits per heavy atom. The van der Waals surface area contributed by atoms with Gasteiger partial charge in [-0.15, -0.1) is 0 Å². The first-order valence-electron chi connectivity index (χ1n) is 7.85. The molecule has 5 nitrogen and oxygen atoms in total. The van der Waals surface area contributed by atoms with Gasteiger partial charge in [-0.3, -0.25) is 4.79 Å². The molecule has 0 saturated heterocycles. The second kappa shape index (κ2) is 7.26. The number of carbonyl (C=O) groups excluding carboxylic acids is 1. The Hall–Kier alpha value is -3.35. The van der Waals surface area contributed by atoms with Crippen molar-refractivity contribution in [3.05, 3.63) is 77.2 Å². The molecular formula is C19H16F2N4O. The van der Waals surface area contributed by atoms with E-state index < -0.39 is 17.5 Å². The van der Waals surface area contributed by atoms with Gasteiger partial charge in [-0.25, -0.2) is 18.7 Å². The van der Waals surface area contributed by atoms with Crippen LogP contribution in [0.1, 0.15) is 21.6 Å². The molecule has 0 atom stereocenters. The fourth-order valence-electron chi connectivity index (χ4n) is 2.29. The van der Waals surface area contributed by atoms with Crippen molar-refractivity contribution < 1.29 is 13.6 Å². The number of nitrogens with one attached hydrogen (secondary N) is 2. The molecule has 2 N–H and O–H groups in total. The van der Waals surface area contributed by atoms with E-state index in [1.807, 2.05) is 32.0 Å². The van der Waals surface area contributed by atoms with E-state index >= 15 is 0 Å². The van der Waals surface area contributed by atoms with Gasteiger partial charge >= 0.3 is 0 Å². The van der Waals surface area contributed by atoms with Crippen molar-refractivity contribution in [1.29, 1.82) is 0 Å². The number of nitrogens with zero attached hydrogens (tertiary/aromatic N) is 2. The number of benzene rings is 2. The third-order valence-electron chi connectivity index (χ3n) is 3.72. The van der Waals surface area contributed by atoms with Crippen LogP contribution in [0, 0.1) is 25.5 Å². The first kappa shape index (κ1) is 17.5. The molecular weight excluding hydrogens is 338 g/mol. The van der Waals surface area contributed by atoms with E-state index in [4.69, 9.17) is 0 Å². The highest BCUT2D eigenvalue weighted by atomic mass is 19.2. The number of aromatic nitrogens is 2. The number of hydrogen-bond donors (Lipinski definition) is 2. The lowest BCUT2D eigenvalue weighted by molar-refractivity contribution is 0.102. The SMILES string of the molecule is Cc1ccc(C)c(Nc2cnc(C(=O)Nc3ccc(F)c(F)c3)cn2)c1. The highest BCUT2D eigenvalue weighted by Crippen LogP contribution is 2.20. The quantitative estimate of drug-likeness (QED) is 0.730. The lowest BCUT2D eigenvalue weighted by Crippen LogP contribution is -2.14. The molecule has 0 aliphatic rings. The average Bonchev–Trinajstić information content (AvgIpc) is 2.62. The van der Waals surface area contributed by atoms with E-state index in [-0.39, 0.29) is 11.4 Å². The predicted octanol–water partition coefficient (Wildman–Crippen LogP) is 4.37. The van der Waals surface area contributed by atoms with E-state index in [1.165, 1.54) is 18.5 Å². The number of anilines is 3. The van der Waals surface area contributed by atoms with Gasteiger partial charge in [0.05, 0.1) is 12.4 Å². The summed E-state index contributed by atoms with van der Waals surface area (Å²) in [5, 5.41) is 5.59.